The average molecular weight is 412 g/mol. The van der Waals surface area contributed by atoms with E-state index in [-0.39, 0.29) is 22.4 Å². The molecule has 0 radical (unpaired) electrons. The van der Waals surface area contributed by atoms with Crippen molar-refractivity contribution in [1.82, 2.24) is 4.31 Å². The van der Waals surface area contributed by atoms with Crippen molar-refractivity contribution in [2.75, 3.05) is 19.0 Å². The van der Waals surface area contributed by atoms with Gasteiger partial charge in [0.15, 0.2) is 0 Å². The fraction of sp³-hybridized carbons (Fsp3) is 0.364. The Labute approximate surface area is 172 Å². The first-order valence-electron chi connectivity index (χ1n) is 9.71. The quantitative estimate of drug-likeness (QED) is 0.750. The van der Waals surface area contributed by atoms with E-state index in [0.717, 1.165) is 32.1 Å². The number of carbonyl (C=O) groups excluding carboxylic acids is 1. The zero-order valence-electron chi connectivity index (χ0n) is 16.7. The number of amides is 1. The van der Waals surface area contributed by atoms with Gasteiger partial charge in [0.2, 0.25) is 10.0 Å². The van der Waals surface area contributed by atoms with Crippen LogP contribution in [0.2, 0.25) is 0 Å². The molecule has 152 valence electrons. The highest BCUT2D eigenvalue weighted by Crippen LogP contribution is 2.27. The van der Waals surface area contributed by atoms with Crippen LogP contribution in [-0.4, -0.2) is 38.8 Å². The molecule has 0 aromatic heterocycles. The van der Waals surface area contributed by atoms with Crippen molar-refractivity contribution in [3.05, 3.63) is 59.7 Å². The van der Waals surface area contributed by atoms with Crippen molar-refractivity contribution in [3.63, 3.8) is 0 Å². The van der Waals surface area contributed by atoms with E-state index in [0.29, 0.717) is 11.3 Å². The molecule has 0 bridgehead atoms. The molecule has 1 aliphatic rings. The SMILES string of the molecule is CN(C(=O)c1cccc(S(=O)(=O)N(C)C2CCCCC2)c1)c1cccc(C#N)c1. The second-order valence-electron chi connectivity index (χ2n) is 7.37. The Morgan fingerprint density at radius 3 is 2.41 bits per heavy atom. The summed E-state index contributed by atoms with van der Waals surface area (Å²) >= 11 is 0. The van der Waals surface area contributed by atoms with Crippen LogP contribution in [0.4, 0.5) is 5.69 Å². The minimum atomic E-state index is -3.68. The predicted molar refractivity (Wildman–Crippen MR) is 112 cm³/mol. The van der Waals surface area contributed by atoms with Crippen molar-refractivity contribution in [3.8, 4) is 6.07 Å². The highest BCUT2D eigenvalue weighted by Gasteiger charge is 2.29. The summed E-state index contributed by atoms with van der Waals surface area (Å²) in [4.78, 5) is 14.5. The Morgan fingerprint density at radius 2 is 1.72 bits per heavy atom. The van der Waals surface area contributed by atoms with Crippen LogP contribution >= 0.6 is 0 Å². The molecule has 0 saturated heterocycles. The Morgan fingerprint density at radius 1 is 1.03 bits per heavy atom. The van der Waals surface area contributed by atoms with Crippen molar-refractivity contribution in [1.29, 1.82) is 5.26 Å². The second-order valence-corrected chi connectivity index (χ2v) is 9.36. The van der Waals surface area contributed by atoms with Gasteiger partial charge in [0.05, 0.1) is 16.5 Å². The van der Waals surface area contributed by atoms with Crippen molar-refractivity contribution < 1.29 is 13.2 Å². The topological polar surface area (TPSA) is 81.5 Å². The first-order chi connectivity index (χ1) is 13.8. The molecule has 0 atom stereocenters. The van der Waals surface area contributed by atoms with Gasteiger partial charge < -0.3 is 4.90 Å². The molecule has 0 heterocycles. The summed E-state index contributed by atoms with van der Waals surface area (Å²) in [5, 5.41) is 9.06. The maximum absolute atomic E-state index is 13.1. The highest BCUT2D eigenvalue weighted by atomic mass is 32.2. The highest BCUT2D eigenvalue weighted by molar-refractivity contribution is 7.89. The summed E-state index contributed by atoms with van der Waals surface area (Å²) in [6.45, 7) is 0. The van der Waals surface area contributed by atoms with Crippen LogP contribution in [0, 0.1) is 11.3 Å². The zero-order valence-corrected chi connectivity index (χ0v) is 17.5. The lowest BCUT2D eigenvalue weighted by Crippen LogP contribution is -2.38. The number of nitriles is 1. The maximum atomic E-state index is 13.1. The molecule has 7 heteroatoms. The summed E-state index contributed by atoms with van der Waals surface area (Å²) in [5.41, 5.74) is 1.31. The molecule has 6 nitrogen and oxygen atoms in total. The van der Waals surface area contributed by atoms with Crippen LogP contribution in [0.1, 0.15) is 48.0 Å². The number of hydrogen-bond acceptors (Lipinski definition) is 4. The number of nitrogens with zero attached hydrogens (tertiary/aromatic N) is 3. The lowest BCUT2D eigenvalue weighted by Gasteiger charge is -2.30. The third kappa shape index (κ3) is 4.50. The van der Waals surface area contributed by atoms with E-state index in [4.69, 9.17) is 5.26 Å². The van der Waals surface area contributed by atoms with Crippen LogP contribution in [0.25, 0.3) is 0 Å². The lowest BCUT2D eigenvalue weighted by atomic mass is 9.96. The zero-order chi connectivity index (χ0) is 21.0. The Balaban J connectivity index is 1.86. The number of benzene rings is 2. The lowest BCUT2D eigenvalue weighted by molar-refractivity contribution is 0.0993. The molecule has 2 aromatic rings. The van der Waals surface area contributed by atoms with Gasteiger partial charge in [-0.1, -0.05) is 31.4 Å². The third-order valence-electron chi connectivity index (χ3n) is 5.51. The minimum absolute atomic E-state index is 0.00417. The summed E-state index contributed by atoms with van der Waals surface area (Å²) in [6, 6.07) is 14.9. The number of anilines is 1. The van der Waals surface area contributed by atoms with Crippen LogP contribution in [-0.2, 0) is 10.0 Å². The molecule has 0 N–H and O–H groups in total. The normalized spacial score (nSPS) is 15.1. The van der Waals surface area contributed by atoms with Crippen molar-refractivity contribution in [2.24, 2.45) is 0 Å². The van der Waals surface area contributed by atoms with Crippen molar-refractivity contribution >= 4 is 21.6 Å². The van der Waals surface area contributed by atoms with Gasteiger partial charge in [0.25, 0.3) is 5.91 Å². The molecule has 3 rings (SSSR count). The van der Waals surface area contributed by atoms with Gasteiger partial charge in [-0.05, 0) is 49.2 Å². The predicted octanol–water partition coefficient (Wildman–Crippen LogP) is 3.79. The number of carbonyl (C=O) groups is 1. The standard InChI is InChI=1S/C22H25N3O3S/c1-24(20-12-6-8-17(14-20)16-23)22(26)18-9-7-13-21(15-18)29(27,28)25(2)19-10-4-3-5-11-19/h6-9,12-15,19H,3-5,10-11H2,1-2H3. The molecular weight excluding hydrogens is 386 g/mol. The molecule has 0 aliphatic heterocycles. The van der Waals surface area contributed by atoms with Crippen LogP contribution in [0.3, 0.4) is 0 Å². The molecule has 0 unspecified atom stereocenters. The van der Waals surface area contributed by atoms with E-state index in [1.807, 2.05) is 0 Å². The molecule has 1 saturated carbocycles. The Bertz CT molecular complexity index is 1040. The van der Waals surface area contributed by atoms with E-state index in [2.05, 4.69) is 6.07 Å². The summed E-state index contributed by atoms with van der Waals surface area (Å²) in [7, 11) is -0.446. The molecular formula is C22H25N3O3S. The number of sulfonamides is 1. The van der Waals surface area contributed by atoms with E-state index in [9.17, 15) is 13.2 Å². The van der Waals surface area contributed by atoms with Gasteiger partial charge >= 0.3 is 0 Å². The summed E-state index contributed by atoms with van der Waals surface area (Å²) < 4.78 is 27.6. The van der Waals surface area contributed by atoms with Crippen LogP contribution in [0.15, 0.2) is 53.4 Å². The first-order valence-corrected chi connectivity index (χ1v) is 11.1. The minimum Gasteiger partial charge on any atom is -0.311 e. The molecule has 1 fully saturated rings. The van der Waals surface area contributed by atoms with E-state index in [1.165, 1.54) is 21.3 Å². The summed E-state index contributed by atoms with van der Waals surface area (Å²) in [6.07, 6.45) is 4.96. The fourth-order valence-electron chi connectivity index (χ4n) is 3.69. The van der Waals surface area contributed by atoms with E-state index < -0.39 is 10.0 Å². The molecule has 1 aliphatic carbocycles. The molecule has 29 heavy (non-hydrogen) atoms. The van der Waals surface area contributed by atoms with Gasteiger partial charge in [-0.25, -0.2) is 8.42 Å². The van der Waals surface area contributed by atoms with Gasteiger partial charge in [0.1, 0.15) is 0 Å². The number of hydrogen-bond donors (Lipinski definition) is 0. The smallest absolute Gasteiger partial charge is 0.258 e. The third-order valence-corrected chi connectivity index (χ3v) is 7.42. The van der Waals surface area contributed by atoms with E-state index in [1.54, 1.807) is 50.5 Å². The number of rotatable bonds is 5. The van der Waals surface area contributed by atoms with Crippen LogP contribution < -0.4 is 4.90 Å². The molecule has 2 aromatic carbocycles. The van der Waals surface area contributed by atoms with Gasteiger partial charge in [-0.3, -0.25) is 4.79 Å². The second kappa shape index (κ2) is 8.76. The monoisotopic (exact) mass is 411 g/mol. The molecule has 1 amide bonds. The van der Waals surface area contributed by atoms with Crippen molar-refractivity contribution in [2.45, 2.75) is 43.0 Å². The Kier molecular flexibility index (Phi) is 6.36. The summed E-state index contributed by atoms with van der Waals surface area (Å²) in [5.74, 6) is -0.336. The fourth-order valence-corrected chi connectivity index (χ4v) is 5.15. The largest absolute Gasteiger partial charge is 0.311 e. The molecule has 0 spiro atoms. The van der Waals surface area contributed by atoms with Gasteiger partial charge in [-0.2, -0.15) is 9.57 Å². The maximum Gasteiger partial charge on any atom is 0.258 e. The average Bonchev–Trinajstić information content (AvgIpc) is 2.78. The Hall–Kier alpha value is -2.69. The van der Waals surface area contributed by atoms with Gasteiger partial charge in [-0.15, -0.1) is 0 Å². The first kappa shape index (κ1) is 21.0. The van der Waals surface area contributed by atoms with E-state index >= 15 is 0 Å². The van der Waals surface area contributed by atoms with Crippen LogP contribution in [0.5, 0.6) is 0 Å². The van der Waals surface area contributed by atoms with Gasteiger partial charge in [0, 0.05) is 31.4 Å².